The third-order valence-corrected chi connectivity index (χ3v) is 2.65. The normalized spacial score (nSPS) is 11.3. The van der Waals surface area contributed by atoms with Crippen LogP contribution in [0.2, 0.25) is 0 Å². The van der Waals surface area contributed by atoms with Crippen molar-refractivity contribution in [2.75, 3.05) is 7.11 Å². The molecule has 0 aromatic heterocycles. The Hall–Kier alpha value is -2.49. The highest BCUT2D eigenvalue weighted by atomic mass is 19.1. The van der Waals surface area contributed by atoms with E-state index in [0.29, 0.717) is 6.07 Å². The van der Waals surface area contributed by atoms with Crippen LogP contribution in [0.1, 0.15) is 18.4 Å². The maximum atomic E-state index is 13.0. The molecule has 0 aliphatic carbocycles. The van der Waals surface area contributed by atoms with Gasteiger partial charge in [0.15, 0.2) is 0 Å². The average Bonchev–Trinajstić information content (AvgIpc) is 2.41. The van der Waals surface area contributed by atoms with Gasteiger partial charge in [-0.3, -0.25) is 4.79 Å². The van der Waals surface area contributed by atoms with E-state index in [1.807, 2.05) is 6.07 Å². The molecule has 7 heteroatoms. The largest absolute Gasteiger partial charge is 0.467 e. The van der Waals surface area contributed by atoms with E-state index in [9.17, 15) is 18.4 Å². The second-order valence-electron chi connectivity index (χ2n) is 4.29. The van der Waals surface area contributed by atoms with Gasteiger partial charge in [0.1, 0.15) is 17.7 Å². The molecule has 21 heavy (non-hydrogen) atoms. The number of hydrogen-bond donors (Lipinski definition) is 1. The van der Waals surface area contributed by atoms with Crippen molar-refractivity contribution in [2.45, 2.75) is 25.3 Å². The van der Waals surface area contributed by atoms with Gasteiger partial charge in [-0.15, -0.1) is 0 Å². The molecule has 1 aromatic carbocycles. The van der Waals surface area contributed by atoms with Crippen LogP contribution in [0.15, 0.2) is 18.2 Å². The summed E-state index contributed by atoms with van der Waals surface area (Å²) >= 11 is 0. The molecular weight excluding hydrogens is 282 g/mol. The monoisotopic (exact) mass is 296 g/mol. The van der Waals surface area contributed by atoms with E-state index in [-0.39, 0.29) is 24.8 Å². The number of ether oxygens (including phenoxy) is 1. The standard InChI is InChI=1S/C14H14F2N2O3/c1-21-14(20)12(3-2-4-17)18-13(19)7-9-5-10(15)8-11(16)6-9/h5-6,8,12H,2-3,7H2,1H3,(H,18,19)/t12-/m0/s1. The summed E-state index contributed by atoms with van der Waals surface area (Å²) in [5, 5.41) is 10.9. The first-order valence-corrected chi connectivity index (χ1v) is 6.15. The quantitative estimate of drug-likeness (QED) is 0.806. The Bertz CT molecular complexity index is 550. The molecule has 0 aliphatic rings. The van der Waals surface area contributed by atoms with Crippen LogP contribution in [0.4, 0.5) is 8.78 Å². The van der Waals surface area contributed by atoms with Crippen LogP contribution >= 0.6 is 0 Å². The zero-order valence-corrected chi connectivity index (χ0v) is 11.4. The molecule has 1 N–H and O–H groups in total. The van der Waals surface area contributed by atoms with Gasteiger partial charge in [-0.25, -0.2) is 13.6 Å². The van der Waals surface area contributed by atoms with Crippen molar-refractivity contribution >= 4 is 11.9 Å². The Morgan fingerprint density at radius 1 is 1.33 bits per heavy atom. The molecule has 0 spiro atoms. The van der Waals surface area contributed by atoms with Crippen LogP contribution in [0.25, 0.3) is 0 Å². The number of benzene rings is 1. The zero-order chi connectivity index (χ0) is 15.8. The molecule has 0 saturated heterocycles. The number of esters is 1. The summed E-state index contributed by atoms with van der Waals surface area (Å²) in [4.78, 5) is 23.2. The fraction of sp³-hybridized carbons (Fsp3) is 0.357. The van der Waals surface area contributed by atoms with Gasteiger partial charge in [-0.2, -0.15) is 5.26 Å². The van der Waals surface area contributed by atoms with E-state index in [4.69, 9.17) is 5.26 Å². The molecule has 1 aromatic rings. The highest BCUT2D eigenvalue weighted by molar-refractivity contribution is 5.85. The van der Waals surface area contributed by atoms with Crippen LogP contribution in [0, 0.1) is 23.0 Å². The van der Waals surface area contributed by atoms with Crippen molar-refractivity contribution < 1.29 is 23.1 Å². The minimum atomic E-state index is -0.958. The average molecular weight is 296 g/mol. The van der Waals surface area contributed by atoms with Crippen molar-refractivity contribution in [3.05, 3.63) is 35.4 Å². The van der Waals surface area contributed by atoms with Gasteiger partial charge in [0, 0.05) is 12.5 Å². The molecule has 0 unspecified atom stereocenters. The molecule has 1 atom stereocenters. The second-order valence-corrected chi connectivity index (χ2v) is 4.29. The van der Waals surface area contributed by atoms with Gasteiger partial charge < -0.3 is 10.1 Å². The Kier molecular flexibility index (Phi) is 6.27. The molecule has 112 valence electrons. The number of nitrogens with zero attached hydrogens (tertiary/aromatic N) is 1. The summed E-state index contributed by atoms with van der Waals surface area (Å²) in [6, 6.07) is 3.66. The van der Waals surface area contributed by atoms with Crippen LogP contribution in [0.5, 0.6) is 0 Å². The van der Waals surface area contributed by atoms with Gasteiger partial charge >= 0.3 is 5.97 Å². The summed E-state index contributed by atoms with van der Waals surface area (Å²) in [6.45, 7) is 0. The molecule has 1 amide bonds. The summed E-state index contributed by atoms with van der Waals surface area (Å²) in [5.74, 6) is -2.84. The number of rotatable bonds is 6. The summed E-state index contributed by atoms with van der Waals surface area (Å²) in [7, 11) is 1.16. The Labute approximate surface area is 120 Å². The van der Waals surface area contributed by atoms with E-state index < -0.39 is 29.6 Å². The maximum absolute atomic E-state index is 13.0. The number of amides is 1. The van der Waals surface area contributed by atoms with E-state index >= 15 is 0 Å². The smallest absolute Gasteiger partial charge is 0.328 e. The lowest BCUT2D eigenvalue weighted by Crippen LogP contribution is -2.42. The molecule has 0 fully saturated rings. The lowest BCUT2D eigenvalue weighted by molar-refractivity contribution is -0.145. The molecule has 5 nitrogen and oxygen atoms in total. The first-order valence-electron chi connectivity index (χ1n) is 6.15. The fourth-order valence-electron chi connectivity index (χ4n) is 1.74. The lowest BCUT2D eigenvalue weighted by Gasteiger charge is -2.15. The van der Waals surface area contributed by atoms with Crippen molar-refractivity contribution in [3.8, 4) is 6.07 Å². The van der Waals surface area contributed by atoms with Crippen LogP contribution < -0.4 is 5.32 Å². The van der Waals surface area contributed by atoms with E-state index in [1.54, 1.807) is 0 Å². The number of methoxy groups -OCH3 is 1. The second kappa shape index (κ2) is 7.94. The van der Waals surface area contributed by atoms with E-state index in [0.717, 1.165) is 19.2 Å². The third kappa shape index (κ3) is 5.57. The predicted octanol–water partition coefficient (Wildman–Crippen LogP) is 1.47. The van der Waals surface area contributed by atoms with Gasteiger partial charge in [0.05, 0.1) is 19.6 Å². The Balaban J connectivity index is 2.69. The Morgan fingerprint density at radius 3 is 2.48 bits per heavy atom. The molecule has 0 aliphatic heterocycles. The number of halogens is 2. The zero-order valence-electron chi connectivity index (χ0n) is 11.4. The maximum Gasteiger partial charge on any atom is 0.328 e. The highest BCUT2D eigenvalue weighted by Crippen LogP contribution is 2.09. The van der Waals surface area contributed by atoms with Gasteiger partial charge in [-0.05, 0) is 24.1 Å². The molecule has 0 saturated carbocycles. The number of carbonyl (C=O) groups excluding carboxylic acids is 2. The first-order chi connectivity index (χ1) is 9.96. The summed E-state index contributed by atoms with van der Waals surface area (Å²) in [5.41, 5.74) is 0.147. The van der Waals surface area contributed by atoms with Crippen LogP contribution in [-0.4, -0.2) is 25.0 Å². The topological polar surface area (TPSA) is 79.2 Å². The van der Waals surface area contributed by atoms with Crippen molar-refractivity contribution in [1.29, 1.82) is 5.26 Å². The van der Waals surface area contributed by atoms with Crippen LogP contribution in [-0.2, 0) is 20.7 Å². The first kappa shape index (κ1) is 16.6. The van der Waals surface area contributed by atoms with E-state index in [2.05, 4.69) is 10.1 Å². The van der Waals surface area contributed by atoms with Crippen LogP contribution in [0.3, 0.4) is 0 Å². The SMILES string of the molecule is COC(=O)[C@H](CCC#N)NC(=O)Cc1cc(F)cc(F)c1. The summed E-state index contributed by atoms with van der Waals surface area (Å²) in [6.07, 6.45) is -0.115. The summed E-state index contributed by atoms with van der Waals surface area (Å²) < 4.78 is 30.5. The third-order valence-electron chi connectivity index (χ3n) is 2.65. The number of nitriles is 1. The fourth-order valence-corrected chi connectivity index (χ4v) is 1.74. The highest BCUT2D eigenvalue weighted by Gasteiger charge is 2.21. The molecular formula is C14H14F2N2O3. The predicted molar refractivity (Wildman–Crippen MR) is 68.9 cm³/mol. The van der Waals surface area contributed by atoms with Gasteiger partial charge in [-0.1, -0.05) is 0 Å². The molecule has 0 radical (unpaired) electrons. The molecule has 0 bridgehead atoms. The number of hydrogen-bond acceptors (Lipinski definition) is 4. The number of carbonyl (C=O) groups is 2. The molecule has 1 rings (SSSR count). The minimum absolute atomic E-state index is 0.0641. The van der Waals surface area contributed by atoms with Crippen molar-refractivity contribution in [2.24, 2.45) is 0 Å². The molecule has 0 heterocycles. The number of nitrogens with one attached hydrogen (secondary N) is 1. The van der Waals surface area contributed by atoms with E-state index in [1.165, 1.54) is 0 Å². The van der Waals surface area contributed by atoms with Crippen molar-refractivity contribution in [1.82, 2.24) is 5.32 Å². The van der Waals surface area contributed by atoms with Crippen molar-refractivity contribution in [3.63, 3.8) is 0 Å². The van der Waals surface area contributed by atoms with Gasteiger partial charge in [0.25, 0.3) is 0 Å². The Morgan fingerprint density at radius 2 is 1.95 bits per heavy atom. The lowest BCUT2D eigenvalue weighted by atomic mass is 10.1. The minimum Gasteiger partial charge on any atom is -0.467 e. The van der Waals surface area contributed by atoms with Gasteiger partial charge in [0.2, 0.25) is 5.91 Å².